The van der Waals surface area contributed by atoms with Gasteiger partial charge in [0.15, 0.2) is 11.5 Å². The molecule has 4 atom stereocenters. The van der Waals surface area contributed by atoms with Gasteiger partial charge in [-0.05, 0) is 18.4 Å². The second kappa shape index (κ2) is 11.7. The fraction of sp³-hybridized carbons (Fsp3) is 0.391. The Hall–Kier alpha value is -3.15. The average Bonchev–Trinajstić information content (AvgIpc) is 3.50. The Kier molecular flexibility index (Phi) is 8.44. The van der Waals surface area contributed by atoms with Crippen molar-refractivity contribution in [3.63, 3.8) is 0 Å². The molecule has 4 rings (SSSR count). The van der Waals surface area contributed by atoms with E-state index < -0.39 is 19.8 Å². The number of anilines is 1. The van der Waals surface area contributed by atoms with Gasteiger partial charge in [-0.15, -0.1) is 0 Å². The number of hydrogen-bond acceptors (Lipinski definition) is 10. The summed E-state index contributed by atoms with van der Waals surface area (Å²) in [7, 11) is -4.13. The molecule has 12 nitrogen and oxygen atoms in total. The number of carbonyl (C=O) groups excluding carboxylic acids is 1. The van der Waals surface area contributed by atoms with Gasteiger partial charge in [-0.2, -0.15) is 5.48 Å². The summed E-state index contributed by atoms with van der Waals surface area (Å²) in [5, 5.41) is 0. The summed E-state index contributed by atoms with van der Waals surface area (Å²) in [4.78, 5) is 30.5. The van der Waals surface area contributed by atoms with Crippen LogP contribution in [0.3, 0.4) is 0 Å². The molecule has 0 amide bonds. The number of imidazole rings is 1. The van der Waals surface area contributed by atoms with Crippen LogP contribution in [0, 0.1) is 5.92 Å². The maximum absolute atomic E-state index is 12.7. The van der Waals surface area contributed by atoms with Crippen molar-refractivity contribution in [3.8, 4) is 0 Å². The molecule has 1 aliphatic rings. The number of rotatable bonds is 12. The molecule has 0 saturated heterocycles. The number of allylic oxidation sites excluding steroid dienone is 1. The van der Waals surface area contributed by atoms with Crippen molar-refractivity contribution < 1.29 is 23.2 Å². The Balaban J connectivity index is 1.26. The van der Waals surface area contributed by atoms with E-state index in [9.17, 15) is 9.36 Å². The zero-order chi connectivity index (χ0) is 25.5. The van der Waals surface area contributed by atoms with E-state index in [0.29, 0.717) is 36.2 Å². The molecule has 1 aromatic carbocycles. The number of carbonyl (C=O) groups is 1. The van der Waals surface area contributed by atoms with Gasteiger partial charge < -0.3 is 14.8 Å². The highest BCUT2D eigenvalue weighted by Crippen LogP contribution is 2.42. The predicted molar refractivity (Wildman–Crippen MR) is 133 cm³/mol. The van der Waals surface area contributed by atoms with E-state index in [4.69, 9.17) is 25.1 Å². The lowest BCUT2D eigenvalue weighted by molar-refractivity contribution is -0.142. The van der Waals surface area contributed by atoms with Gasteiger partial charge in [0.1, 0.15) is 17.9 Å². The minimum atomic E-state index is -4.13. The number of nitrogens with one attached hydrogen (secondary N) is 1. The highest BCUT2D eigenvalue weighted by Gasteiger charge is 2.31. The summed E-state index contributed by atoms with van der Waals surface area (Å²) in [6, 6.07) is 8.61. The normalized spacial score (nSPS) is 19.8. The van der Waals surface area contributed by atoms with Gasteiger partial charge in [-0.1, -0.05) is 55.8 Å². The Bertz CT molecular complexity index is 1250. The van der Waals surface area contributed by atoms with Crippen molar-refractivity contribution in [2.75, 3.05) is 12.3 Å². The number of nitrogens with two attached hydrogens (primary N) is 2. The fourth-order valence-corrected chi connectivity index (χ4v) is 4.75. The summed E-state index contributed by atoms with van der Waals surface area (Å²) in [5.74, 6) is -0.577. The molecule has 2 aromatic heterocycles. The van der Waals surface area contributed by atoms with Crippen LogP contribution in [0.2, 0.25) is 0 Å². The van der Waals surface area contributed by atoms with E-state index >= 15 is 0 Å². The molecule has 0 radical (unpaired) electrons. The molecule has 0 fully saturated rings. The van der Waals surface area contributed by atoms with Crippen LogP contribution < -0.4 is 16.7 Å². The van der Waals surface area contributed by atoms with Gasteiger partial charge >= 0.3 is 13.7 Å². The zero-order valence-electron chi connectivity index (χ0n) is 19.9. The summed E-state index contributed by atoms with van der Waals surface area (Å²) in [6.07, 6.45) is 8.68. The maximum Gasteiger partial charge on any atom is 0.458 e. The highest BCUT2D eigenvalue weighted by molar-refractivity contribution is 7.51. The smallest absolute Gasteiger partial charge is 0.382 e. The van der Waals surface area contributed by atoms with Crippen molar-refractivity contribution in [1.82, 2.24) is 25.0 Å². The maximum atomic E-state index is 12.7. The van der Waals surface area contributed by atoms with Gasteiger partial charge in [0.05, 0.1) is 25.6 Å². The SMILES string of the molecule is CCC[C@H](NOCc1ccccc1)C(=O)OP(N)(=O)OC[C@H]1C=C[C@@H](n2cnc3c(N)ncnc32)C1. The molecule has 0 saturated carbocycles. The molecule has 36 heavy (non-hydrogen) atoms. The Morgan fingerprint density at radius 1 is 1.25 bits per heavy atom. The molecular formula is C23H30N7O5P. The van der Waals surface area contributed by atoms with Crippen molar-refractivity contribution in [2.24, 2.45) is 11.4 Å². The summed E-state index contributed by atoms with van der Waals surface area (Å²) in [5.41, 5.74) is 16.4. The van der Waals surface area contributed by atoms with Gasteiger partial charge in [-0.3, -0.25) is 9.36 Å². The summed E-state index contributed by atoms with van der Waals surface area (Å²) in [6.45, 7) is 2.18. The molecule has 2 heterocycles. The minimum absolute atomic E-state index is 0.0220. The summed E-state index contributed by atoms with van der Waals surface area (Å²) >= 11 is 0. The number of nitrogen functional groups attached to an aromatic ring is 1. The third-order valence-corrected chi connectivity index (χ3v) is 6.69. The molecule has 13 heteroatoms. The molecule has 0 aliphatic heterocycles. The highest BCUT2D eigenvalue weighted by atomic mass is 31.2. The van der Waals surface area contributed by atoms with E-state index in [1.807, 2.05) is 54.0 Å². The molecule has 3 aromatic rings. The van der Waals surface area contributed by atoms with Crippen molar-refractivity contribution >= 4 is 30.7 Å². The first-order valence-corrected chi connectivity index (χ1v) is 13.3. The van der Waals surface area contributed by atoms with E-state index in [-0.39, 0.29) is 25.2 Å². The van der Waals surface area contributed by atoms with Crippen molar-refractivity contribution in [1.29, 1.82) is 0 Å². The minimum Gasteiger partial charge on any atom is -0.382 e. The average molecular weight is 516 g/mol. The number of aromatic nitrogens is 4. The lowest BCUT2D eigenvalue weighted by Crippen LogP contribution is -2.38. The predicted octanol–water partition coefficient (Wildman–Crippen LogP) is 3.04. The van der Waals surface area contributed by atoms with Crippen LogP contribution in [0.15, 0.2) is 55.1 Å². The number of fused-ring (bicyclic) bond motifs is 1. The van der Waals surface area contributed by atoms with Gasteiger partial charge in [0.25, 0.3) is 0 Å². The first kappa shape index (κ1) is 25.9. The van der Waals surface area contributed by atoms with E-state index in [1.54, 1.807) is 6.33 Å². The lowest BCUT2D eigenvalue weighted by Gasteiger charge is -2.20. The molecule has 1 unspecified atom stereocenters. The number of hydroxylamine groups is 1. The third kappa shape index (κ3) is 6.54. The monoisotopic (exact) mass is 515 g/mol. The van der Waals surface area contributed by atoms with Crippen LogP contribution in [0.25, 0.3) is 11.2 Å². The van der Waals surface area contributed by atoms with Gasteiger partial charge in [-0.25, -0.2) is 29.8 Å². The molecule has 1 aliphatic carbocycles. The van der Waals surface area contributed by atoms with Crippen LogP contribution in [0.1, 0.15) is 37.8 Å². The van der Waals surface area contributed by atoms with E-state index in [0.717, 1.165) is 5.56 Å². The first-order valence-electron chi connectivity index (χ1n) is 11.7. The van der Waals surface area contributed by atoms with E-state index in [1.165, 1.54) is 6.33 Å². The zero-order valence-corrected chi connectivity index (χ0v) is 20.8. The standard InChI is InChI=1S/C23H30N7O5P/c1-2-6-19(29-33-12-16-7-4-3-5-8-16)23(31)35-36(25,32)34-13-17-9-10-18(11-17)30-15-28-20-21(24)26-14-27-22(20)30/h3-5,7-10,14-15,17-19,29H,2,6,11-13H2,1H3,(H2,25,32)(H2,24,26,27)/t17-,18+,19-,36?/m0/s1. The van der Waals surface area contributed by atoms with Crippen LogP contribution >= 0.6 is 7.75 Å². The largest absolute Gasteiger partial charge is 0.458 e. The molecular weight excluding hydrogens is 485 g/mol. The van der Waals surface area contributed by atoms with Crippen LogP contribution in [-0.4, -0.2) is 38.1 Å². The number of nitrogens with zero attached hydrogens (tertiary/aromatic N) is 4. The lowest BCUT2D eigenvalue weighted by atomic mass is 10.1. The van der Waals surface area contributed by atoms with Crippen LogP contribution in [-0.2, 0) is 29.9 Å². The van der Waals surface area contributed by atoms with Crippen LogP contribution in [0.5, 0.6) is 0 Å². The number of hydrogen-bond donors (Lipinski definition) is 3. The van der Waals surface area contributed by atoms with E-state index in [2.05, 4.69) is 20.4 Å². The molecule has 5 N–H and O–H groups in total. The molecule has 0 bridgehead atoms. The Labute approximate surface area is 208 Å². The second-order valence-corrected chi connectivity index (χ2v) is 10.0. The summed E-state index contributed by atoms with van der Waals surface area (Å²) < 4.78 is 25.0. The van der Waals surface area contributed by atoms with Gasteiger partial charge in [0.2, 0.25) is 0 Å². The van der Waals surface area contributed by atoms with Gasteiger partial charge in [0, 0.05) is 5.92 Å². The van der Waals surface area contributed by atoms with Crippen molar-refractivity contribution in [3.05, 3.63) is 60.7 Å². The third-order valence-electron chi connectivity index (χ3n) is 5.75. The first-order chi connectivity index (χ1) is 17.4. The molecule has 0 spiro atoms. The Morgan fingerprint density at radius 3 is 2.83 bits per heavy atom. The number of benzene rings is 1. The topological polar surface area (TPSA) is 170 Å². The Morgan fingerprint density at radius 2 is 2.06 bits per heavy atom. The van der Waals surface area contributed by atoms with Crippen molar-refractivity contribution in [2.45, 2.75) is 44.9 Å². The fourth-order valence-electron chi connectivity index (χ4n) is 3.92. The molecule has 192 valence electrons. The second-order valence-electron chi connectivity index (χ2n) is 8.51. The van der Waals surface area contributed by atoms with Crippen LogP contribution in [0.4, 0.5) is 5.82 Å². The quantitative estimate of drug-likeness (QED) is 0.184.